The lowest BCUT2D eigenvalue weighted by Crippen LogP contribution is -2.28. The molecule has 4 aromatic rings. The van der Waals surface area contributed by atoms with E-state index in [0.717, 1.165) is 18.3 Å². The number of amides is 2. The van der Waals surface area contributed by atoms with Gasteiger partial charge in [0.25, 0.3) is 5.91 Å². The number of benzene rings is 2. The highest BCUT2D eigenvalue weighted by atomic mass is 19.4. The molecule has 0 radical (unpaired) electrons. The smallest absolute Gasteiger partial charge is 0.434 e. The number of pyridine rings is 1. The Hall–Kier alpha value is -4.81. The molecule has 0 bridgehead atoms. The molecule has 2 heterocycles. The van der Waals surface area contributed by atoms with E-state index < -0.39 is 58.2 Å². The molecule has 0 fully saturated rings. The first-order valence-corrected chi connectivity index (χ1v) is 12.2. The molecule has 41 heavy (non-hydrogen) atoms. The van der Waals surface area contributed by atoms with Gasteiger partial charge >= 0.3 is 12.3 Å². The second-order valence-corrected chi connectivity index (χ2v) is 9.34. The minimum Gasteiger partial charge on any atom is -0.463 e. The van der Waals surface area contributed by atoms with Gasteiger partial charge < -0.3 is 19.6 Å². The average Bonchev–Trinajstić information content (AvgIpc) is 3.23. The molecule has 4 rings (SSSR count). The van der Waals surface area contributed by atoms with E-state index in [4.69, 9.17) is 5.11 Å². The molecule has 214 valence electrons. The van der Waals surface area contributed by atoms with Crippen LogP contribution < -0.4 is 10.9 Å². The van der Waals surface area contributed by atoms with Crippen LogP contribution >= 0.6 is 0 Å². The zero-order valence-corrected chi connectivity index (χ0v) is 22.0. The normalized spacial score (nSPS) is 12.8. The molecule has 2 aromatic carbocycles. The van der Waals surface area contributed by atoms with Crippen molar-refractivity contribution in [2.24, 2.45) is 12.0 Å². The molecule has 2 aromatic heterocycles. The monoisotopic (exact) mass is 573 g/mol. The van der Waals surface area contributed by atoms with E-state index in [1.54, 1.807) is 13.8 Å². The molecule has 2 amide bonds. The van der Waals surface area contributed by atoms with Crippen LogP contribution in [-0.2, 0) is 19.8 Å². The number of aryl methyl sites for hydroxylation is 2. The van der Waals surface area contributed by atoms with Crippen molar-refractivity contribution in [3.8, 4) is 11.1 Å². The van der Waals surface area contributed by atoms with Crippen LogP contribution in [0.5, 0.6) is 0 Å². The van der Waals surface area contributed by atoms with E-state index in [1.807, 2.05) is 0 Å². The molecule has 1 unspecified atom stereocenters. The summed E-state index contributed by atoms with van der Waals surface area (Å²) >= 11 is 0. The molecule has 0 saturated carbocycles. The van der Waals surface area contributed by atoms with Gasteiger partial charge in [0.1, 0.15) is 11.6 Å². The van der Waals surface area contributed by atoms with E-state index in [9.17, 15) is 27.2 Å². The van der Waals surface area contributed by atoms with Gasteiger partial charge in [0, 0.05) is 36.8 Å². The topological polar surface area (TPSA) is 102 Å². The fourth-order valence-corrected chi connectivity index (χ4v) is 4.35. The summed E-state index contributed by atoms with van der Waals surface area (Å²) < 4.78 is 73.8. The number of carbonyl (C=O) groups excluding carboxylic acids is 1. The zero-order chi connectivity index (χ0) is 30.1. The number of rotatable bonds is 6. The standard InChI is InChI=1S/C28H24F5N5O3/c1-15-11-18(6-7-22(15)29)16(2)35-25(39)21-13-17(14-38-10-9-37(3)26(38)36-27(40)41)12-20(23(21)30)19-5-4-8-34-24(19)28(31,32)33/h4-13,16H,14H2,1-3H3,(H,35,39)(H,40,41)/b36-26+. The third kappa shape index (κ3) is 6.34. The first-order valence-electron chi connectivity index (χ1n) is 12.2. The number of nitrogens with zero attached hydrogens (tertiary/aromatic N) is 4. The van der Waals surface area contributed by atoms with Crippen LogP contribution in [0.3, 0.4) is 0 Å². The predicted octanol–water partition coefficient (Wildman–Crippen LogP) is 5.61. The fraction of sp³-hybridized carbons (Fsp3) is 0.214. The number of hydrogen-bond acceptors (Lipinski definition) is 3. The highest BCUT2D eigenvalue weighted by Crippen LogP contribution is 2.37. The van der Waals surface area contributed by atoms with Gasteiger partial charge in [0.2, 0.25) is 5.62 Å². The number of carboxylic acid groups (broad SMARTS) is 1. The minimum absolute atomic E-state index is 0.00737. The number of alkyl halides is 3. The van der Waals surface area contributed by atoms with Gasteiger partial charge in [-0.1, -0.05) is 18.2 Å². The van der Waals surface area contributed by atoms with Gasteiger partial charge in [-0.3, -0.25) is 9.78 Å². The highest BCUT2D eigenvalue weighted by Gasteiger charge is 2.36. The number of aromatic nitrogens is 3. The molecule has 0 aliphatic heterocycles. The largest absolute Gasteiger partial charge is 0.463 e. The summed E-state index contributed by atoms with van der Waals surface area (Å²) in [5.74, 6) is -2.58. The molecule has 0 saturated heterocycles. The maximum atomic E-state index is 15.9. The Labute approximate surface area is 230 Å². The summed E-state index contributed by atoms with van der Waals surface area (Å²) in [5.41, 5.74) is -1.95. The number of carbonyl (C=O) groups is 2. The second kappa shape index (κ2) is 11.4. The van der Waals surface area contributed by atoms with E-state index in [2.05, 4.69) is 15.3 Å². The van der Waals surface area contributed by atoms with Crippen LogP contribution in [0.1, 0.15) is 45.7 Å². The molecule has 8 nitrogen and oxygen atoms in total. The van der Waals surface area contributed by atoms with Gasteiger partial charge in [-0.2, -0.15) is 13.2 Å². The molecule has 13 heteroatoms. The van der Waals surface area contributed by atoms with Crippen LogP contribution in [0.2, 0.25) is 0 Å². The summed E-state index contributed by atoms with van der Waals surface area (Å²) in [5, 5.41) is 11.7. The van der Waals surface area contributed by atoms with Crippen LogP contribution in [-0.4, -0.2) is 31.2 Å². The highest BCUT2D eigenvalue weighted by molar-refractivity contribution is 5.96. The Kier molecular flexibility index (Phi) is 8.08. The quantitative estimate of drug-likeness (QED) is 0.293. The van der Waals surface area contributed by atoms with Gasteiger partial charge in [0.15, 0.2) is 5.69 Å². The molecule has 1 atom stereocenters. The van der Waals surface area contributed by atoms with Crippen molar-refractivity contribution in [2.45, 2.75) is 32.6 Å². The van der Waals surface area contributed by atoms with E-state index in [1.165, 1.54) is 58.9 Å². The Morgan fingerprint density at radius 2 is 1.83 bits per heavy atom. The minimum atomic E-state index is -4.92. The third-order valence-electron chi connectivity index (χ3n) is 6.36. The van der Waals surface area contributed by atoms with E-state index in [0.29, 0.717) is 11.1 Å². The lowest BCUT2D eigenvalue weighted by molar-refractivity contribution is -0.140. The Morgan fingerprint density at radius 1 is 1.10 bits per heavy atom. The Morgan fingerprint density at radius 3 is 2.49 bits per heavy atom. The molecule has 0 aliphatic rings. The van der Waals surface area contributed by atoms with Crippen molar-refractivity contribution in [1.82, 2.24) is 19.4 Å². The number of hydrogen-bond donors (Lipinski definition) is 2. The SMILES string of the molecule is Cc1cc(C(C)NC(=O)c2cc(Cn3ccn(C)/c3=N\C(=O)O)cc(-c3cccnc3C(F)(F)F)c2F)ccc1F. The van der Waals surface area contributed by atoms with Crippen LogP contribution in [0, 0.1) is 18.6 Å². The predicted molar refractivity (Wildman–Crippen MR) is 138 cm³/mol. The van der Waals surface area contributed by atoms with Crippen molar-refractivity contribution in [1.29, 1.82) is 0 Å². The van der Waals surface area contributed by atoms with Gasteiger partial charge in [0.05, 0.1) is 18.2 Å². The van der Waals surface area contributed by atoms with Crippen molar-refractivity contribution >= 4 is 12.0 Å². The van der Waals surface area contributed by atoms with Crippen molar-refractivity contribution in [3.05, 3.63) is 106 Å². The maximum Gasteiger partial charge on any atom is 0.434 e. The van der Waals surface area contributed by atoms with Crippen molar-refractivity contribution < 1.29 is 36.6 Å². The molecule has 0 aliphatic carbocycles. The first kappa shape index (κ1) is 29.2. The molecular weight excluding hydrogens is 549 g/mol. The molecule has 2 N–H and O–H groups in total. The Balaban J connectivity index is 1.85. The summed E-state index contributed by atoms with van der Waals surface area (Å²) in [4.78, 5) is 31.4. The fourth-order valence-electron chi connectivity index (χ4n) is 4.35. The van der Waals surface area contributed by atoms with Crippen molar-refractivity contribution in [3.63, 3.8) is 0 Å². The van der Waals surface area contributed by atoms with E-state index in [-0.39, 0.29) is 17.7 Å². The lowest BCUT2D eigenvalue weighted by atomic mass is 9.96. The average molecular weight is 574 g/mol. The summed E-state index contributed by atoms with van der Waals surface area (Å²) in [6.45, 7) is 2.98. The molecular formula is C28H24F5N5O3. The summed E-state index contributed by atoms with van der Waals surface area (Å²) in [7, 11) is 1.54. The van der Waals surface area contributed by atoms with E-state index >= 15 is 4.39 Å². The molecule has 0 spiro atoms. The van der Waals surface area contributed by atoms with Crippen LogP contribution in [0.4, 0.5) is 26.7 Å². The number of nitrogens with one attached hydrogen (secondary N) is 1. The van der Waals surface area contributed by atoms with Gasteiger partial charge in [-0.05, 0) is 54.8 Å². The zero-order valence-electron chi connectivity index (χ0n) is 22.0. The van der Waals surface area contributed by atoms with Gasteiger partial charge in [-0.25, -0.2) is 13.6 Å². The number of imidazole rings is 1. The first-order chi connectivity index (χ1) is 19.3. The summed E-state index contributed by atoms with van der Waals surface area (Å²) in [6.07, 6.45) is -2.48. The van der Waals surface area contributed by atoms with Crippen LogP contribution in [0.25, 0.3) is 11.1 Å². The Bertz CT molecular complexity index is 1710. The number of halogens is 5. The lowest BCUT2D eigenvalue weighted by Gasteiger charge is -2.18. The van der Waals surface area contributed by atoms with Gasteiger partial charge in [-0.15, -0.1) is 4.99 Å². The van der Waals surface area contributed by atoms with Crippen LogP contribution in [0.15, 0.2) is 66.0 Å². The second-order valence-electron chi connectivity index (χ2n) is 9.34. The third-order valence-corrected chi connectivity index (χ3v) is 6.36. The maximum absolute atomic E-state index is 15.9. The summed E-state index contributed by atoms with van der Waals surface area (Å²) in [6, 6.07) is 8.07. The van der Waals surface area contributed by atoms with Crippen molar-refractivity contribution in [2.75, 3.05) is 0 Å².